The van der Waals surface area contributed by atoms with Crippen LogP contribution in [-0.2, 0) is 6.54 Å². The molecule has 7 heteroatoms. The summed E-state index contributed by atoms with van der Waals surface area (Å²) in [6, 6.07) is 18.6. The number of anilines is 2. The van der Waals surface area contributed by atoms with Gasteiger partial charge in [0.15, 0.2) is 0 Å². The van der Waals surface area contributed by atoms with Gasteiger partial charge in [0.1, 0.15) is 5.82 Å². The first-order chi connectivity index (χ1) is 13.5. The van der Waals surface area contributed by atoms with Crippen LogP contribution in [0.25, 0.3) is 11.3 Å². The molecular weight excluding hydrogens is 354 g/mol. The van der Waals surface area contributed by atoms with Gasteiger partial charge in [-0.15, -0.1) is 0 Å². The van der Waals surface area contributed by atoms with Crippen LogP contribution in [0.4, 0.5) is 17.5 Å². The zero-order valence-corrected chi connectivity index (χ0v) is 15.9. The normalized spacial score (nSPS) is 11.6. The lowest BCUT2D eigenvalue weighted by Gasteiger charge is -2.14. The number of non-ortho nitro benzene ring substituents is 1. The number of hydrogen-bond donors (Lipinski definition) is 2. The summed E-state index contributed by atoms with van der Waals surface area (Å²) in [5.41, 5.74) is 2.85. The molecule has 0 saturated carbocycles. The molecule has 0 aliphatic heterocycles. The molecule has 0 aliphatic rings. The fraction of sp³-hybridized carbons (Fsp3) is 0.238. The molecule has 0 saturated heterocycles. The summed E-state index contributed by atoms with van der Waals surface area (Å²) >= 11 is 0. The van der Waals surface area contributed by atoms with Gasteiger partial charge in [0.05, 0.1) is 10.6 Å². The summed E-state index contributed by atoms with van der Waals surface area (Å²) < 4.78 is 0. The lowest BCUT2D eigenvalue weighted by molar-refractivity contribution is -0.384. The van der Waals surface area contributed by atoms with E-state index in [1.807, 2.05) is 36.4 Å². The molecule has 0 radical (unpaired) electrons. The van der Waals surface area contributed by atoms with Crippen LogP contribution in [0.2, 0.25) is 0 Å². The number of hydrogen-bond acceptors (Lipinski definition) is 6. The van der Waals surface area contributed by atoms with Crippen molar-refractivity contribution in [2.75, 3.05) is 10.6 Å². The van der Waals surface area contributed by atoms with Gasteiger partial charge in [0.2, 0.25) is 5.95 Å². The largest absolute Gasteiger partial charge is 0.366 e. The fourth-order valence-electron chi connectivity index (χ4n) is 2.61. The van der Waals surface area contributed by atoms with Crippen LogP contribution in [0.15, 0.2) is 60.7 Å². The summed E-state index contributed by atoms with van der Waals surface area (Å²) in [4.78, 5) is 19.6. The topological polar surface area (TPSA) is 93.0 Å². The predicted molar refractivity (Wildman–Crippen MR) is 111 cm³/mol. The van der Waals surface area contributed by atoms with Crippen molar-refractivity contribution >= 4 is 17.5 Å². The van der Waals surface area contributed by atoms with Gasteiger partial charge in [0, 0.05) is 36.3 Å². The monoisotopic (exact) mass is 377 g/mol. The number of nitrogens with one attached hydrogen (secondary N) is 2. The first kappa shape index (κ1) is 19.3. The van der Waals surface area contributed by atoms with Gasteiger partial charge in [-0.05, 0) is 18.9 Å². The number of benzene rings is 2. The molecule has 1 aromatic heterocycles. The lowest BCUT2D eigenvalue weighted by atomic mass is 10.1. The van der Waals surface area contributed by atoms with Crippen molar-refractivity contribution in [1.82, 2.24) is 9.97 Å². The minimum absolute atomic E-state index is 0.0807. The van der Waals surface area contributed by atoms with Gasteiger partial charge < -0.3 is 10.6 Å². The molecule has 0 aliphatic carbocycles. The van der Waals surface area contributed by atoms with Crippen LogP contribution in [0.3, 0.4) is 0 Å². The quantitative estimate of drug-likeness (QED) is 0.429. The third kappa shape index (κ3) is 5.03. The van der Waals surface area contributed by atoms with Crippen LogP contribution < -0.4 is 10.6 Å². The Labute approximate surface area is 164 Å². The van der Waals surface area contributed by atoms with Crippen LogP contribution in [0.5, 0.6) is 0 Å². The predicted octanol–water partition coefficient (Wildman–Crippen LogP) is 4.87. The molecule has 2 aromatic carbocycles. The maximum atomic E-state index is 10.8. The Bertz CT molecular complexity index is 929. The molecule has 144 valence electrons. The van der Waals surface area contributed by atoms with E-state index in [1.54, 1.807) is 12.1 Å². The van der Waals surface area contributed by atoms with Gasteiger partial charge in [-0.25, -0.2) is 4.98 Å². The second-order valence-electron chi connectivity index (χ2n) is 6.56. The lowest BCUT2D eigenvalue weighted by Crippen LogP contribution is -2.16. The van der Waals surface area contributed by atoms with Crippen molar-refractivity contribution in [2.24, 2.45) is 0 Å². The average Bonchev–Trinajstić information content (AvgIpc) is 2.73. The highest BCUT2D eigenvalue weighted by atomic mass is 16.6. The maximum absolute atomic E-state index is 10.8. The minimum Gasteiger partial charge on any atom is -0.366 e. The molecule has 28 heavy (non-hydrogen) atoms. The van der Waals surface area contributed by atoms with Crippen molar-refractivity contribution in [2.45, 2.75) is 32.9 Å². The van der Waals surface area contributed by atoms with Crippen LogP contribution in [0, 0.1) is 10.1 Å². The van der Waals surface area contributed by atoms with Gasteiger partial charge in [-0.1, -0.05) is 49.4 Å². The second-order valence-corrected chi connectivity index (χ2v) is 6.56. The van der Waals surface area contributed by atoms with Crippen molar-refractivity contribution < 1.29 is 4.92 Å². The first-order valence-electron chi connectivity index (χ1n) is 9.23. The Kier molecular flexibility index (Phi) is 6.16. The van der Waals surface area contributed by atoms with E-state index in [2.05, 4.69) is 34.4 Å². The second kappa shape index (κ2) is 8.94. The molecule has 1 heterocycles. The highest BCUT2D eigenvalue weighted by Gasteiger charge is 2.09. The Morgan fingerprint density at radius 2 is 1.79 bits per heavy atom. The van der Waals surface area contributed by atoms with E-state index in [-0.39, 0.29) is 11.7 Å². The summed E-state index contributed by atoms with van der Waals surface area (Å²) in [7, 11) is 0. The van der Waals surface area contributed by atoms with Crippen LogP contribution in [0.1, 0.15) is 25.8 Å². The third-order valence-corrected chi connectivity index (χ3v) is 4.40. The van der Waals surface area contributed by atoms with Crippen molar-refractivity contribution in [3.8, 4) is 11.3 Å². The highest BCUT2D eigenvalue weighted by molar-refractivity contribution is 5.64. The van der Waals surface area contributed by atoms with Gasteiger partial charge in [0.25, 0.3) is 5.69 Å². The molecule has 0 fully saturated rings. The zero-order valence-electron chi connectivity index (χ0n) is 15.9. The number of nitro benzene ring substituents is 1. The SMILES string of the molecule is CC[C@@H](C)Nc1nc(NCc2ccc([N+](=O)[O-])cc2)cc(-c2ccccc2)n1. The molecule has 0 bridgehead atoms. The van der Waals surface area contributed by atoms with Gasteiger partial charge in [-0.2, -0.15) is 4.98 Å². The van der Waals surface area contributed by atoms with Crippen LogP contribution in [-0.4, -0.2) is 20.9 Å². The molecule has 1 atom stereocenters. The summed E-state index contributed by atoms with van der Waals surface area (Å²) in [6.45, 7) is 4.70. The minimum atomic E-state index is -0.402. The number of aromatic nitrogens is 2. The number of nitrogens with zero attached hydrogens (tertiary/aromatic N) is 3. The Hall–Kier alpha value is -3.48. The molecule has 2 N–H and O–H groups in total. The number of rotatable bonds is 8. The van der Waals surface area contributed by atoms with Gasteiger partial charge in [-0.3, -0.25) is 10.1 Å². The van der Waals surface area contributed by atoms with Crippen molar-refractivity contribution in [1.29, 1.82) is 0 Å². The van der Waals surface area contributed by atoms with E-state index in [0.717, 1.165) is 23.2 Å². The third-order valence-electron chi connectivity index (χ3n) is 4.40. The molecule has 3 rings (SSSR count). The zero-order chi connectivity index (χ0) is 19.9. The Morgan fingerprint density at radius 1 is 1.07 bits per heavy atom. The van der Waals surface area contributed by atoms with Crippen molar-refractivity contribution in [3.05, 3.63) is 76.3 Å². The molecular formula is C21H23N5O2. The van der Waals surface area contributed by atoms with E-state index >= 15 is 0 Å². The Balaban J connectivity index is 1.82. The maximum Gasteiger partial charge on any atom is 0.269 e. The summed E-state index contributed by atoms with van der Waals surface area (Å²) in [5, 5.41) is 17.4. The molecule has 3 aromatic rings. The molecule has 0 amide bonds. The molecule has 7 nitrogen and oxygen atoms in total. The van der Waals surface area contributed by atoms with Crippen LogP contribution >= 0.6 is 0 Å². The standard InChI is InChI=1S/C21H23N5O2/c1-3-15(2)23-21-24-19(17-7-5-4-6-8-17)13-20(25-21)22-14-16-9-11-18(12-10-16)26(27)28/h4-13,15H,3,14H2,1-2H3,(H2,22,23,24,25)/t15-/m1/s1. The fourth-order valence-corrected chi connectivity index (χ4v) is 2.61. The summed E-state index contributed by atoms with van der Waals surface area (Å²) in [6.07, 6.45) is 0.963. The van der Waals surface area contributed by atoms with Gasteiger partial charge >= 0.3 is 0 Å². The van der Waals surface area contributed by atoms with Crippen molar-refractivity contribution in [3.63, 3.8) is 0 Å². The highest BCUT2D eigenvalue weighted by Crippen LogP contribution is 2.22. The van der Waals surface area contributed by atoms with E-state index in [9.17, 15) is 10.1 Å². The molecule has 0 unspecified atom stereocenters. The van der Waals surface area contributed by atoms with E-state index in [1.165, 1.54) is 12.1 Å². The Morgan fingerprint density at radius 3 is 2.43 bits per heavy atom. The van der Waals surface area contributed by atoms with E-state index < -0.39 is 4.92 Å². The molecule has 0 spiro atoms. The van der Waals surface area contributed by atoms with E-state index in [0.29, 0.717) is 18.3 Å². The number of nitro groups is 1. The smallest absolute Gasteiger partial charge is 0.269 e. The summed E-state index contributed by atoms with van der Waals surface area (Å²) in [5.74, 6) is 1.26. The first-order valence-corrected chi connectivity index (χ1v) is 9.23. The average molecular weight is 377 g/mol. The van der Waals surface area contributed by atoms with E-state index in [4.69, 9.17) is 0 Å².